The number of methoxy groups -OCH3 is 1. The summed E-state index contributed by atoms with van der Waals surface area (Å²) in [5.41, 5.74) is 2.65. The number of nitrogens with zero attached hydrogens (tertiary/aromatic N) is 1. The SMILES string of the molecule is COc1ccc(C(=O)c2ccc(N3CCCCC3)cc2)c2ccccc12. The van der Waals surface area contributed by atoms with Crippen LogP contribution in [-0.2, 0) is 0 Å². The fourth-order valence-electron chi connectivity index (χ4n) is 3.78. The van der Waals surface area contributed by atoms with Crippen molar-refractivity contribution in [1.82, 2.24) is 0 Å². The van der Waals surface area contributed by atoms with Crippen LogP contribution in [0.4, 0.5) is 5.69 Å². The van der Waals surface area contributed by atoms with E-state index in [4.69, 9.17) is 4.74 Å². The molecule has 0 aromatic heterocycles. The molecular weight excluding hydrogens is 322 g/mol. The molecule has 1 aliphatic heterocycles. The smallest absolute Gasteiger partial charge is 0.193 e. The highest BCUT2D eigenvalue weighted by molar-refractivity contribution is 6.17. The molecule has 1 fully saturated rings. The van der Waals surface area contributed by atoms with E-state index in [0.29, 0.717) is 5.56 Å². The molecule has 0 saturated carbocycles. The summed E-state index contributed by atoms with van der Waals surface area (Å²) in [6, 6.07) is 19.7. The van der Waals surface area contributed by atoms with Crippen LogP contribution in [0.2, 0.25) is 0 Å². The number of ether oxygens (including phenoxy) is 1. The topological polar surface area (TPSA) is 29.5 Å². The molecule has 1 aliphatic rings. The van der Waals surface area contributed by atoms with Gasteiger partial charge in [-0.2, -0.15) is 0 Å². The number of ketones is 1. The zero-order valence-electron chi connectivity index (χ0n) is 15.1. The van der Waals surface area contributed by atoms with E-state index in [0.717, 1.165) is 35.2 Å². The van der Waals surface area contributed by atoms with Gasteiger partial charge in [0.15, 0.2) is 5.78 Å². The molecule has 1 heterocycles. The van der Waals surface area contributed by atoms with Crippen LogP contribution in [0, 0.1) is 0 Å². The van der Waals surface area contributed by atoms with E-state index in [1.54, 1.807) is 7.11 Å². The number of rotatable bonds is 4. The van der Waals surface area contributed by atoms with Crippen molar-refractivity contribution in [3.63, 3.8) is 0 Å². The predicted molar refractivity (Wildman–Crippen MR) is 106 cm³/mol. The maximum absolute atomic E-state index is 13.1. The summed E-state index contributed by atoms with van der Waals surface area (Å²) in [6.07, 6.45) is 3.81. The van der Waals surface area contributed by atoms with Crippen LogP contribution in [0.1, 0.15) is 35.2 Å². The van der Waals surface area contributed by atoms with Gasteiger partial charge in [0.05, 0.1) is 7.11 Å². The molecule has 0 aliphatic carbocycles. The van der Waals surface area contributed by atoms with Gasteiger partial charge < -0.3 is 9.64 Å². The molecule has 0 N–H and O–H groups in total. The molecule has 132 valence electrons. The highest BCUT2D eigenvalue weighted by Gasteiger charge is 2.16. The monoisotopic (exact) mass is 345 g/mol. The number of benzene rings is 3. The molecular formula is C23H23NO2. The fraction of sp³-hybridized carbons (Fsp3) is 0.261. The van der Waals surface area contributed by atoms with Crippen LogP contribution >= 0.6 is 0 Å². The zero-order valence-corrected chi connectivity index (χ0v) is 15.1. The second kappa shape index (κ2) is 7.20. The lowest BCUT2D eigenvalue weighted by Gasteiger charge is -2.28. The van der Waals surface area contributed by atoms with Gasteiger partial charge in [-0.1, -0.05) is 24.3 Å². The van der Waals surface area contributed by atoms with E-state index < -0.39 is 0 Å². The Labute approximate surface area is 154 Å². The van der Waals surface area contributed by atoms with Crippen LogP contribution in [0.5, 0.6) is 5.75 Å². The Balaban J connectivity index is 1.66. The first-order valence-electron chi connectivity index (χ1n) is 9.23. The van der Waals surface area contributed by atoms with Gasteiger partial charge in [0.1, 0.15) is 5.75 Å². The molecule has 0 unspecified atom stereocenters. The number of carbonyl (C=O) groups is 1. The van der Waals surface area contributed by atoms with Crippen LogP contribution < -0.4 is 9.64 Å². The molecule has 0 bridgehead atoms. The Bertz CT molecular complexity index is 925. The molecule has 0 atom stereocenters. The van der Waals surface area contributed by atoms with Crippen molar-refractivity contribution in [1.29, 1.82) is 0 Å². The van der Waals surface area contributed by atoms with E-state index >= 15 is 0 Å². The Morgan fingerprint density at radius 1 is 0.846 bits per heavy atom. The second-order valence-electron chi connectivity index (χ2n) is 6.78. The van der Waals surface area contributed by atoms with Gasteiger partial charge >= 0.3 is 0 Å². The van der Waals surface area contributed by atoms with Crippen molar-refractivity contribution in [2.45, 2.75) is 19.3 Å². The number of hydrogen-bond donors (Lipinski definition) is 0. The van der Waals surface area contributed by atoms with Crippen LogP contribution in [0.15, 0.2) is 60.7 Å². The molecule has 0 radical (unpaired) electrons. The average molecular weight is 345 g/mol. The number of carbonyl (C=O) groups excluding carboxylic acids is 1. The van der Waals surface area contributed by atoms with E-state index in [-0.39, 0.29) is 5.78 Å². The van der Waals surface area contributed by atoms with Gasteiger partial charge in [-0.15, -0.1) is 0 Å². The predicted octanol–water partition coefficient (Wildman–Crippen LogP) is 5.07. The third-order valence-corrected chi connectivity index (χ3v) is 5.20. The van der Waals surface area contributed by atoms with Gasteiger partial charge in [0, 0.05) is 35.3 Å². The second-order valence-corrected chi connectivity index (χ2v) is 6.78. The number of piperidine rings is 1. The zero-order chi connectivity index (χ0) is 17.9. The highest BCUT2D eigenvalue weighted by atomic mass is 16.5. The summed E-state index contributed by atoms with van der Waals surface area (Å²) < 4.78 is 5.43. The van der Waals surface area contributed by atoms with Crippen molar-refractivity contribution in [3.8, 4) is 5.75 Å². The standard InChI is InChI=1S/C23H23NO2/c1-26-22-14-13-21(19-7-3-4-8-20(19)22)23(25)17-9-11-18(12-10-17)24-15-5-2-6-16-24/h3-4,7-14H,2,5-6,15-16H2,1H3. The lowest BCUT2D eigenvalue weighted by Crippen LogP contribution is -2.29. The first kappa shape index (κ1) is 16.6. The van der Waals surface area contributed by atoms with E-state index in [9.17, 15) is 4.79 Å². The Morgan fingerprint density at radius 2 is 1.54 bits per heavy atom. The molecule has 3 nitrogen and oxygen atoms in total. The van der Waals surface area contributed by atoms with Gasteiger partial charge in [0.2, 0.25) is 0 Å². The summed E-state index contributed by atoms with van der Waals surface area (Å²) in [5.74, 6) is 0.839. The van der Waals surface area contributed by atoms with Gasteiger partial charge in [-0.3, -0.25) is 4.79 Å². The van der Waals surface area contributed by atoms with Crippen molar-refractivity contribution in [2.24, 2.45) is 0 Å². The average Bonchev–Trinajstić information content (AvgIpc) is 2.73. The summed E-state index contributed by atoms with van der Waals surface area (Å²) >= 11 is 0. The quantitative estimate of drug-likeness (QED) is 0.618. The molecule has 0 amide bonds. The largest absolute Gasteiger partial charge is 0.496 e. The van der Waals surface area contributed by atoms with E-state index in [2.05, 4.69) is 17.0 Å². The van der Waals surface area contributed by atoms with Gasteiger partial charge in [-0.25, -0.2) is 0 Å². The van der Waals surface area contributed by atoms with E-state index in [1.165, 1.54) is 24.9 Å². The fourth-order valence-corrected chi connectivity index (χ4v) is 3.78. The minimum Gasteiger partial charge on any atom is -0.496 e. The summed E-state index contributed by atoms with van der Waals surface area (Å²) in [7, 11) is 1.66. The first-order chi connectivity index (χ1) is 12.8. The molecule has 3 heteroatoms. The molecule has 4 rings (SSSR count). The minimum atomic E-state index is 0.0500. The van der Waals surface area contributed by atoms with Crippen molar-refractivity contribution in [3.05, 3.63) is 71.8 Å². The molecule has 0 spiro atoms. The Hall–Kier alpha value is -2.81. The maximum atomic E-state index is 13.1. The summed E-state index contributed by atoms with van der Waals surface area (Å²) in [5, 5.41) is 1.89. The number of fused-ring (bicyclic) bond motifs is 1. The minimum absolute atomic E-state index is 0.0500. The van der Waals surface area contributed by atoms with Gasteiger partial charge in [0.25, 0.3) is 0 Å². The summed E-state index contributed by atoms with van der Waals surface area (Å²) in [6.45, 7) is 2.22. The van der Waals surface area contributed by atoms with E-state index in [1.807, 2.05) is 48.5 Å². The third-order valence-electron chi connectivity index (χ3n) is 5.20. The van der Waals surface area contributed by atoms with Crippen molar-refractivity contribution < 1.29 is 9.53 Å². The van der Waals surface area contributed by atoms with Crippen molar-refractivity contribution in [2.75, 3.05) is 25.1 Å². The lowest BCUT2D eigenvalue weighted by molar-refractivity contribution is 0.104. The van der Waals surface area contributed by atoms with Crippen molar-refractivity contribution >= 4 is 22.2 Å². The third kappa shape index (κ3) is 3.05. The highest BCUT2D eigenvalue weighted by Crippen LogP contribution is 2.30. The van der Waals surface area contributed by atoms with Gasteiger partial charge in [-0.05, 0) is 61.0 Å². The van der Waals surface area contributed by atoms with Crippen LogP contribution in [0.25, 0.3) is 10.8 Å². The van der Waals surface area contributed by atoms with Crippen LogP contribution in [-0.4, -0.2) is 26.0 Å². The normalized spacial score (nSPS) is 14.4. The molecule has 1 saturated heterocycles. The van der Waals surface area contributed by atoms with Crippen LogP contribution in [0.3, 0.4) is 0 Å². The maximum Gasteiger partial charge on any atom is 0.193 e. The Kier molecular flexibility index (Phi) is 4.61. The molecule has 26 heavy (non-hydrogen) atoms. The summed E-state index contributed by atoms with van der Waals surface area (Å²) in [4.78, 5) is 15.5. The number of anilines is 1. The first-order valence-corrected chi connectivity index (χ1v) is 9.23. The molecule has 3 aromatic rings. The Morgan fingerprint density at radius 3 is 2.23 bits per heavy atom. The molecule has 3 aromatic carbocycles. The lowest BCUT2D eigenvalue weighted by atomic mass is 9.96. The number of hydrogen-bond acceptors (Lipinski definition) is 3.